The van der Waals surface area contributed by atoms with Gasteiger partial charge < -0.3 is 9.84 Å². The van der Waals surface area contributed by atoms with Gasteiger partial charge in [0.15, 0.2) is 5.13 Å². The zero-order valence-electron chi connectivity index (χ0n) is 12.2. The van der Waals surface area contributed by atoms with Crippen molar-refractivity contribution >= 4 is 21.5 Å². The molecule has 0 fully saturated rings. The summed E-state index contributed by atoms with van der Waals surface area (Å²) in [6.07, 6.45) is 1.73. The van der Waals surface area contributed by atoms with Crippen LogP contribution in [0.5, 0.6) is 0 Å². The van der Waals surface area contributed by atoms with Crippen LogP contribution in [0, 0.1) is 10.1 Å². The summed E-state index contributed by atoms with van der Waals surface area (Å²) in [5.41, 5.74) is 0.888. The highest BCUT2D eigenvalue weighted by Crippen LogP contribution is 2.25. The van der Waals surface area contributed by atoms with Crippen molar-refractivity contribution < 1.29 is 9.45 Å². The number of aromatic nitrogens is 3. The van der Waals surface area contributed by atoms with Gasteiger partial charge in [-0.15, -0.1) is 0 Å². The summed E-state index contributed by atoms with van der Waals surface area (Å²) in [6.45, 7) is 1.92. The molecule has 3 rings (SSSR count). The minimum Gasteiger partial charge on any atom is -0.358 e. The van der Waals surface area contributed by atoms with E-state index in [1.165, 1.54) is 6.20 Å². The summed E-state index contributed by atoms with van der Waals surface area (Å²) in [7, 11) is 0. The Morgan fingerprint density at radius 2 is 2.17 bits per heavy atom. The van der Waals surface area contributed by atoms with Gasteiger partial charge in [0.2, 0.25) is 11.7 Å². The van der Waals surface area contributed by atoms with E-state index in [2.05, 4.69) is 20.4 Å². The molecule has 23 heavy (non-hydrogen) atoms. The van der Waals surface area contributed by atoms with Crippen molar-refractivity contribution in [3.05, 3.63) is 52.5 Å². The Kier molecular flexibility index (Phi) is 4.29. The van der Waals surface area contributed by atoms with Crippen molar-refractivity contribution in [1.82, 2.24) is 15.1 Å². The molecular formula is C14H13N5O3S. The fourth-order valence-corrected chi connectivity index (χ4v) is 2.73. The van der Waals surface area contributed by atoms with Crippen LogP contribution in [0.15, 0.2) is 41.1 Å². The molecule has 1 aromatic carbocycles. The lowest BCUT2D eigenvalue weighted by atomic mass is 10.2. The third-order valence-corrected chi connectivity index (χ3v) is 3.90. The number of thiazole rings is 1. The molecule has 0 aliphatic carbocycles. The molecule has 0 saturated carbocycles. The molecule has 1 N–H and O–H groups in total. The van der Waals surface area contributed by atoms with E-state index in [4.69, 9.17) is 4.52 Å². The fraction of sp³-hybridized carbons (Fsp3) is 0.214. The molecule has 2 aromatic heterocycles. The van der Waals surface area contributed by atoms with Crippen LogP contribution in [0.25, 0.3) is 11.4 Å². The van der Waals surface area contributed by atoms with Gasteiger partial charge in [0.25, 0.3) is 0 Å². The maximum atomic E-state index is 10.6. The van der Waals surface area contributed by atoms with E-state index >= 15 is 0 Å². The zero-order valence-corrected chi connectivity index (χ0v) is 13.0. The molecule has 1 unspecified atom stereocenters. The molecule has 2 heterocycles. The van der Waals surface area contributed by atoms with Crippen molar-refractivity contribution in [3.63, 3.8) is 0 Å². The summed E-state index contributed by atoms with van der Waals surface area (Å²) in [4.78, 5) is 18.5. The molecule has 8 nitrogen and oxygen atoms in total. The lowest BCUT2D eigenvalue weighted by Crippen LogP contribution is -2.18. The Balaban J connectivity index is 1.62. The van der Waals surface area contributed by atoms with E-state index < -0.39 is 4.92 Å². The Labute approximate surface area is 135 Å². The van der Waals surface area contributed by atoms with E-state index in [0.717, 1.165) is 16.9 Å². The molecule has 0 saturated heterocycles. The van der Waals surface area contributed by atoms with Crippen LogP contribution in [0.2, 0.25) is 0 Å². The summed E-state index contributed by atoms with van der Waals surface area (Å²) in [5, 5.41) is 18.2. The standard InChI is InChI=1S/C14H13N5O3S/c1-9(16-14-15-8-12(23-14)19(20)21)7-11-17-13(18-22-11)10-5-3-2-4-6-10/h2-6,8-9H,7H2,1H3,(H,15,16). The van der Waals surface area contributed by atoms with Gasteiger partial charge in [-0.1, -0.05) is 35.5 Å². The molecule has 0 aliphatic rings. The summed E-state index contributed by atoms with van der Waals surface area (Å²) in [6, 6.07) is 9.50. The Bertz CT molecular complexity index is 802. The molecule has 9 heteroatoms. The van der Waals surface area contributed by atoms with Crippen molar-refractivity contribution in [2.75, 3.05) is 5.32 Å². The number of benzene rings is 1. The number of rotatable bonds is 6. The highest BCUT2D eigenvalue weighted by Gasteiger charge is 2.15. The second kappa shape index (κ2) is 6.53. The summed E-state index contributed by atoms with van der Waals surface area (Å²) >= 11 is 0.994. The Morgan fingerprint density at radius 3 is 2.87 bits per heavy atom. The largest absolute Gasteiger partial charge is 0.358 e. The predicted molar refractivity (Wildman–Crippen MR) is 85.3 cm³/mol. The molecule has 1 atom stereocenters. The van der Waals surface area contributed by atoms with Gasteiger partial charge in [-0.05, 0) is 18.3 Å². The first kappa shape index (κ1) is 15.1. The van der Waals surface area contributed by atoms with Gasteiger partial charge in [0.1, 0.15) is 6.20 Å². The van der Waals surface area contributed by atoms with Crippen LogP contribution in [0.4, 0.5) is 10.1 Å². The number of hydrogen-bond acceptors (Lipinski definition) is 8. The smallest absolute Gasteiger partial charge is 0.345 e. The van der Waals surface area contributed by atoms with E-state index in [-0.39, 0.29) is 11.0 Å². The van der Waals surface area contributed by atoms with Gasteiger partial charge in [0.05, 0.1) is 4.92 Å². The average Bonchev–Trinajstić information content (AvgIpc) is 3.18. The maximum absolute atomic E-state index is 10.6. The molecule has 3 aromatic rings. The van der Waals surface area contributed by atoms with Crippen molar-refractivity contribution in [2.24, 2.45) is 0 Å². The van der Waals surface area contributed by atoms with Crippen LogP contribution in [0.3, 0.4) is 0 Å². The van der Waals surface area contributed by atoms with Gasteiger partial charge in [0, 0.05) is 18.0 Å². The monoisotopic (exact) mass is 331 g/mol. The van der Waals surface area contributed by atoms with Crippen molar-refractivity contribution in [3.8, 4) is 11.4 Å². The van der Waals surface area contributed by atoms with Gasteiger partial charge in [-0.3, -0.25) is 10.1 Å². The van der Waals surface area contributed by atoms with Crippen molar-refractivity contribution in [1.29, 1.82) is 0 Å². The fourth-order valence-electron chi connectivity index (χ4n) is 1.98. The van der Waals surface area contributed by atoms with E-state index in [1.54, 1.807) is 0 Å². The predicted octanol–water partition coefficient (Wildman–Crippen LogP) is 3.14. The summed E-state index contributed by atoms with van der Waals surface area (Å²) in [5.74, 6) is 1.03. The van der Waals surface area contributed by atoms with Crippen LogP contribution in [0.1, 0.15) is 12.8 Å². The summed E-state index contributed by atoms with van der Waals surface area (Å²) < 4.78 is 5.24. The van der Waals surface area contributed by atoms with Gasteiger partial charge in [-0.2, -0.15) is 4.98 Å². The number of nitrogens with one attached hydrogen (secondary N) is 1. The highest BCUT2D eigenvalue weighted by atomic mass is 32.1. The SMILES string of the molecule is CC(Cc1nc(-c2ccccc2)no1)Nc1ncc([N+](=O)[O-])s1. The topological polar surface area (TPSA) is 107 Å². The maximum Gasteiger partial charge on any atom is 0.345 e. The van der Waals surface area contributed by atoms with Crippen LogP contribution in [-0.2, 0) is 6.42 Å². The first-order chi connectivity index (χ1) is 11.1. The lowest BCUT2D eigenvalue weighted by molar-refractivity contribution is -0.380. The molecule has 0 aliphatic heterocycles. The Morgan fingerprint density at radius 1 is 1.39 bits per heavy atom. The second-order valence-corrected chi connectivity index (χ2v) is 5.90. The third kappa shape index (κ3) is 3.69. The van der Waals surface area contributed by atoms with Gasteiger partial charge in [-0.25, -0.2) is 4.98 Å². The number of nitro groups is 1. The third-order valence-electron chi connectivity index (χ3n) is 3.02. The lowest BCUT2D eigenvalue weighted by Gasteiger charge is -2.09. The van der Waals surface area contributed by atoms with E-state index in [9.17, 15) is 10.1 Å². The van der Waals surface area contributed by atoms with Crippen LogP contribution >= 0.6 is 11.3 Å². The molecule has 0 radical (unpaired) electrons. The molecular weight excluding hydrogens is 318 g/mol. The second-order valence-electron chi connectivity index (χ2n) is 4.89. The average molecular weight is 331 g/mol. The Hall–Kier alpha value is -2.81. The highest BCUT2D eigenvalue weighted by molar-refractivity contribution is 7.18. The minimum atomic E-state index is -0.461. The molecule has 0 amide bonds. The minimum absolute atomic E-state index is 0.00357. The normalized spacial score (nSPS) is 12.0. The number of anilines is 1. The van der Waals surface area contributed by atoms with Gasteiger partial charge >= 0.3 is 5.00 Å². The van der Waals surface area contributed by atoms with Crippen molar-refractivity contribution in [2.45, 2.75) is 19.4 Å². The van der Waals surface area contributed by atoms with Crippen LogP contribution < -0.4 is 5.32 Å². The molecule has 0 bridgehead atoms. The molecule has 0 spiro atoms. The quantitative estimate of drug-likeness (QED) is 0.546. The van der Waals surface area contributed by atoms with Crippen LogP contribution in [-0.4, -0.2) is 26.1 Å². The first-order valence-corrected chi connectivity index (χ1v) is 7.68. The zero-order chi connectivity index (χ0) is 16.2. The first-order valence-electron chi connectivity index (χ1n) is 6.86. The van der Waals surface area contributed by atoms with E-state index in [1.807, 2.05) is 37.3 Å². The number of hydrogen-bond donors (Lipinski definition) is 1. The molecule has 118 valence electrons. The number of nitrogens with zero attached hydrogens (tertiary/aromatic N) is 4. The van der Waals surface area contributed by atoms with E-state index in [0.29, 0.717) is 23.3 Å².